The van der Waals surface area contributed by atoms with Crippen LogP contribution in [0, 0.1) is 8.99 Å². The predicted molar refractivity (Wildman–Crippen MR) is 86.1 cm³/mol. The van der Waals surface area contributed by atoms with E-state index in [1.54, 1.807) is 13.8 Å². The summed E-state index contributed by atoms with van der Waals surface area (Å²) in [7, 11) is 0. The van der Waals surface area contributed by atoms with Gasteiger partial charge in [0.15, 0.2) is 0 Å². The van der Waals surface area contributed by atoms with Gasteiger partial charge in [0.2, 0.25) is 5.91 Å². The molecule has 1 rings (SSSR count). The molecule has 1 aromatic rings. The van der Waals surface area contributed by atoms with Gasteiger partial charge in [-0.05, 0) is 46.2 Å². The molecule has 4 nitrogen and oxygen atoms in total. The molecule has 0 unspecified atom stereocenters. The smallest absolute Gasteiger partial charge is 0.303 e. The molecule has 19 heavy (non-hydrogen) atoms. The molecule has 104 valence electrons. The summed E-state index contributed by atoms with van der Waals surface area (Å²) in [5.74, 6) is -1.07. The number of nitrogens with one attached hydrogen (secondary N) is 1. The van der Waals surface area contributed by atoms with E-state index in [1.165, 1.54) is 0 Å². The van der Waals surface area contributed by atoms with Gasteiger partial charge < -0.3 is 10.4 Å². The number of benzene rings is 1. The third-order valence-electron chi connectivity index (χ3n) is 2.47. The van der Waals surface area contributed by atoms with Gasteiger partial charge in [-0.3, -0.25) is 9.59 Å². The molecule has 0 aliphatic rings. The van der Waals surface area contributed by atoms with Crippen LogP contribution < -0.4 is 5.32 Å². The van der Waals surface area contributed by atoms with E-state index in [9.17, 15) is 9.59 Å². The first-order chi connectivity index (χ1) is 8.69. The van der Waals surface area contributed by atoms with Crippen molar-refractivity contribution in [2.75, 3.05) is 5.32 Å². The predicted octanol–water partition coefficient (Wildman–Crippen LogP) is 3.88. The Balaban J connectivity index is 2.70. The van der Waals surface area contributed by atoms with Crippen LogP contribution >= 0.6 is 38.5 Å². The molecule has 0 radical (unpaired) electrons. The number of anilines is 1. The Hall–Kier alpha value is -0.630. The number of aliphatic carboxylic acids is 1. The maximum absolute atomic E-state index is 12.0. The highest BCUT2D eigenvalue weighted by Gasteiger charge is 2.25. The summed E-state index contributed by atoms with van der Waals surface area (Å²) in [6, 6.07) is 5.61. The van der Waals surface area contributed by atoms with E-state index in [-0.39, 0.29) is 18.7 Å². The van der Waals surface area contributed by atoms with Crippen molar-refractivity contribution in [3.63, 3.8) is 0 Å². The zero-order valence-electron chi connectivity index (χ0n) is 10.7. The van der Waals surface area contributed by atoms with Crippen LogP contribution in [0.1, 0.15) is 26.7 Å². The molecule has 0 fully saturated rings. The number of halogens is 2. The molecule has 0 aliphatic carbocycles. The Labute approximate surface area is 134 Å². The quantitative estimate of drug-likeness (QED) is 0.684. The highest BCUT2D eigenvalue weighted by atomic mass is 127. The van der Waals surface area contributed by atoms with E-state index in [1.807, 2.05) is 18.2 Å². The summed E-state index contributed by atoms with van der Waals surface area (Å²) in [6.45, 7) is 3.54. The lowest BCUT2D eigenvalue weighted by Crippen LogP contribution is -2.25. The minimum Gasteiger partial charge on any atom is -0.481 e. The average Bonchev–Trinajstić information content (AvgIpc) is 2.20. The SMILES string of the molecule is CC(C)(CC(=O)O)CC(=O)Nc1cc(Br)ccc1I. The molecule has 0 aromatic heterocycles. The Morgan fingerprint density at radius 1 is 1.37 bits per heavy atom. The summed E-state index contributed by atoms with van der Waals surface area (Å²) in [5.41, 5.74) is 0.166. The van der Waals surface area contributed by atoms with Crippen molar-refractivity contribution in [3.05, 3.63) is 26.2 Å². The van der Waals surface area contributed by atoms with Crippen LogP contribution in [0.2, 0.25) is 0 Å². The van der Waals surface area contributed by atoms with E-state index in [0.717, 1.165) is 13.7 Å². The van der Waals surface area contributed by atoms with Crippen LogP contribution in [0.3, 0.4) is 0 Å². The summed E-state index contributed by atoms with van der Waals surface area (Å²) in [4.78, 5) is 22.7. The lowest BCUT2D eigenvalue weighted by Gasteiger charge is -2.21. The van der Waals surface area contributed by atoms with E-state index in [4.69, 9.17) is 5.11 Å². The van der Waals surface area contributed by atoms with Gasteiger partial charge in [0, 0.05) is 14.5 Å². The fourth-order valence-electron chi connectivity index (χ4n) is 1.69. The third-order valence-corrected chi connectivity index (χ3v) is 3.91. The summed E-state index contributed by atoms with van der Waals surface area (Å²) >= 11 is 5.49. The first-order valence-corrected chi connectivity index (χ1v) is 7.53. The van der Waals surface area contributed by atoms with Crippen molar-refractivity contribution in [1.29, 1.82) is 0 Å². The number of carboxylic acid groups (broad SMARTS) is 1. The average molecular weight is 440 g/mol. The molecule has 0 aliphatic heterocycles. The van der Waals surface area contributed by atoms with Gasteiger partial charge >= 0.3 is 5.97 Å². The van der Waals surface area contributed by atoms with E-state index in [2.05, 4.69) is 43.8 Å². The van der Waals surface area contributed by atoms with Crippen molar-refractivity contribution in [3.8, 4) is 0 Å². The Morgan fingerprint density at radius 2 is 2.00 bits per heavy atom. The first kappa shape index (κ1) is 16.4. The maximum Gasteiger partial charge on any atom is 0.303 e. The van der Waals surface area contributed by atoms with Crippen LogP contribution in [-0.4, -0.2) is 17.0 Å². The van der Waals surface area contributed by atoms with Crippen LogP contribution in [-0.2, 0) is 9.59 Å². The van der Waals surface area contributed by atoms with Gasteiger partial charge in [0.05, 0.1) is 12.1 Å². The number of carbonyl (C=O) groups is 2. The highest BCUT2D eigenvalue weighted by Crippen LogP contribution is 2.27. The minimum atomic E-state index is -0.894. The Bertz CT molecular complexity index is 503. The maximum atomic E-state index is 12.0. The fraction of sp³-hybridized carbons (Fsp3) is 0.385. The van der Waals surface area contributed by atoms with Crippen molar-refractivity contribution in [1.82, 2.24) is 0 Å². The Morgan fingerprint density at radius 3 is 2.58 bits per heavy atom. The van der Waals surface area contributed by atoms with Crippen LogP contribution in [0.15, 0.2) is 22.7 Å². The molecule has 0 saturated carbocycles. The van der Waals surface area contributed by atoms with E-state index >= 15 is 0 Å². The highest BCUT2D eigenvalue weighted by molar-refractivity contribution is 14.1. The number of carbonyl (C=O) groups excluding carboxylic acids is 1. The topological polar surface area (TPSA) is 66.4 Å². The van der Waals surface area contributed by atoms with Crippen LogP contribution in [0.4, 0.5) is 5.69 Å². The lowest BCUT2D eigenvalue weighted by atomic mass is 9.85. The summed E-state index contributed by atoms with van der Waals surface area (Å²) in [6.07, 6.45) is 0.137. The van der Waals surface area contributed by atoms with Crippen molar-refractivity contribution >= 4 is 56.1 Å². The van der Waals surface area contributed by atoms with E-state index in [0.29, 0.717) is 0 Å². The second kappa shape index (κ2) is 6.69. The van der Waals surface area contributed by atoms with Gasteiger partial charge in [0.25, 0.3) is 0 Å². The number of hydrogen-bond acceptors (Lipinski definition) is 2. The standard InChI is InChI=1S/C13H15BrINO3/c1-13(2,7-12(18)19)6-11(17)16-10-5-8(14)3-4-9(10)15/h3-5H,6-7H2,1-2H3,(H,16,17)(H,18,19). The molecular formula is C13H15BrINO3. The first-order valence-electron chi connectivity index (χ1n) is 5.66. The van der Waals surface area contributed by atoms with E-state index < -0.39 is 11.4 Å². The summed E-state index contributed by atoms with van der Waals surface area (Å²) in [5, 5.41) is 11.6. The van der Waals surface area contributed by atoms with Crippen LogP contribution in [0.25, 0.3) is 0 Å². The normalized spacial score (nSPS) is 11.2. The second-order valence-electron chi connectivity index (χ2n) is 5.08. The van der Waals surface area contributed by atoms with Crippen molar-refractivity contribution in [2.45, 2.75) is 26.7 Å². The monoisotopic (exact) mass is 439 g/mol. The zero-order valence-corrected chi connectivity index (χ0v) is 14.4. The number of hydrogen-bond donors (Lipinski definition) is 2. The van der Waals surface area contributed by atoms with Gasteiger partial charge in [0.1, 0.15) is 0 Å². The number of carboxylic acids is 1. The molecule has 1 aromatic carbocycles. The van der Waals surface area contributed by atoms with Gasteiger partial charge in [-0.15, -0.1) is 0 Å². The summed E-state index contributed by atoms with van der Waals surface area (Å²) < 4.78 is 1.82. The Kier molecular flexibility index (Phi) is 5.79. The van der Waals surface area contributed by atoms with Crippen molar-refractivity contribution in [2.24, 2.45) is 5.41 Å². The second-order valence-corrected chi connectivity index (χ2v) is 7.16. The molecule has 0 heterocycles. The molecule has 0 bridgehead atoms. The number of rotatable bonds is 5. The van der Waals surface area contributed by atoms with Gasteiger partial charge in [-0.2, -0.15) is 0 Å². The molecule has 0 spiro atoms. The molecule has 0 saturated heterocycles. The lowest BCUT2D eigenvalue weighted by molar-refractivity contribution is -0.139. The fourth-order valence-corrected chi connectivity index (χ4v) is 2.53. The molecule has 0 atom stereocenters. The largest absolute Gasteiger partial charge is 0.481 e. The molecule has 6 heteroatoms. The molecule has 2 N–H and O–H groups in total. The minimum absolute atomic E-state index is 0.0317. The third kappa shape index (κ3) is 5.90. The zero-order chi connectivity index (χ0) is 14.6. The molecule has 1 amide bonds. The van der Waals surface area contributed by atoms with Crippen LogP contribution in [0.5, 0.6) is 0 Å². The van der Waals surface area contributed by atoms with Gasteiger partial charge in [-0.25, -0.2) is 0 Å². The van der Waals surface area contributed by atoms with Gasteiger partial charge in [-0.1, -0.05) is 29.8 Å². The van der Waals surface area contributed by atoms with Crippen molar-refractivity contribution < 1.29 is 14.7 Å². The number of amides is 1. The molecular weight excluding hydrogens is 425 g/mol.